The number of rotatable bonds is 2. The van der Waals surface area contributed by atoms with Gasteiger partial charge in [0.2, 0.25) is 0 Å². The Kier molecular flexibility index (Phi) is 4.66. The lowest BCUT2D eigenvalue weighted by atomic mass is 9.74. The van der Waals surface area contributed by atoms with Crippen molar-refractivity contribution in [3.63, 3.8) is 0 Å². The summed E-state index contributed by atoms with van der Waals surface area (Å²) in [4.78, 5) is 0. The van der Waals surface area contributed by atoms with Gasteiger partial charge in [0.05, 0.1) is 11.2 Å². The SMILES string of the molecule is Cc1cccc(C)c1-c1ccc2c3ccc(B4OC(C)(C)C(C)(C)O4)c4cccc(c5cccc1c52)c43. The summed E-state index contributed by atoms with van der Waals surface area (Å²) in [5.74, 6) is 0. The van der Waals surface area contributed by atoms with Crippen molar-refractivity contribution in [3.8, 4) is 11.1 Å². The summed E-state index contributed by atoms with van der Waals surface area (Å²) in [7, 11) is -0.391. The zero-order chi connectivity index (χ0) is 25.7. The average Bonchev–Trinajstić information content (AvgIpc) is 3.08. The van der Waals surface area contributed by atoms with Gasteiger partial charge in [-0.25, -0.2) is 0 Å². The Bertz CT molecular complexity index is 1810. The highest BCUT2D eigenvalue weighted by Crippen LogP contribution is 2.44. The number of fused-ring (bicyclic) bond motifs is 2. The molecular weight excluding hydrogens is 451 g/mol. The number of aryl methyl sites for hydroxylation is 2. The molecule has 0 N–H and O–H groups in total. The number of hydrogen-bond acceptors (Lipinski definition) is 2. The molecule has 1 aliphatic heterocycles. The minimum absolute atomic E-state index is 0.375. The van der Waals surface area contributed by atoms with E-state index in [0.29, 0.717) is 0 Å². The monoisotopic (exact) mass is 482 g/mol. The van der Waals surface area contributed by atoms with Gasteiger partial charge in [0, 0.05) is 0 Å². The van der Waals surface area contributed by atoms with Crippen LogP contribution in [-0.4, -0.2) is 18.3 Å². The molecule has 6 aromatic rings. The van der Waals surface area contributed by atoms with Gasteiger partial charge in [0.15, 0.2) is 0 Å². The maximum Gasteiger partial charge on any atom is 0.495 e. The van der Waals surface area contributed by atoms with Crippen LogP contribution in [0.5, 0.6) is 0 Å². The molecule has 0 atom stereocenters. The Morgan fingerprint density at radius 1 is 0.514 bits per heavy atom. The van der Waals surface area contributed by atoms with Crippen LogP contribution in [-0.2, 0) is 9.31 Å². The molecule has 182 valence electrons. The summed E-state index contributed by atoms with van der Waals surface area (Å²) in [5, 5.41) is 10.3. The topological polar surface area (TPSA) is 18.5 Å². The molecule has 0 saturated carbocycles. The van der Waals surface area contributed by atoms with Crippen molar-refractivity contribution in [2.24, 2.45) is 0 Å². The van der Waals surface area contributed by atoms with E-state index in [1.54, 1.807) is 0 Å². The molecule has 2 nitrogen and oxygen atoms in total. The first-order valence-corrected chi connectivity index (χ1v) is 13.2. The van der Waals surface area contributed by atoms with E-state index in [1.807, 2.05) is 0 Å². The molecule has 1 aliphatic rings. The number of benzene rings is 6. The third-order valence-corrected chi connectivity index (χ3v) is 8.95. The predicted molar refractivity (Wildman–Crippen MR) is 158 cm³/mol. The molecular formula is C34H31BO2. The largest absolute Gasteiger partial charge is 0.495 e. The molecule has 0 aliphatic carbocycles. The van der Waals surface area contributed by atoms with Crippen molar-refractivity contribution >= 4 is 55.7 Å². The van der Waals surface area contributed by atoms with E-state index in [9.17, 15) is 0 Å². The number of hydrogen-bond donors (Lipinski definition) is 0. The van der Waals surface area contributed by atoms with Crippen LogP contribution in [0.15, 0.2) is 78.9 Å². The fraction of sp³-hybridized carbons (Fsp3) is 0.235. The molecule has 0 aromatic heterocycles. The molecule has 1 heterocycles. The highest BCUT2D eigenvalue weighted by Gasteiger charge is 2.52. The zero-order valence-corrected chi connectivity index (χ0v) is 22.4. The predicted octanol–water partition coefficient (Wildman–Crippen LogP) is 8.32. The average molecular weight is 482 g/mol. The molecule has 0 spiro atoms. The lowest BCUT2D eigenvalue weighted by Crippen LogP contribution is -2.41. The second-order valence-corrected chi connectivity index (χ2v) is 11.7. The van der Waals surface area contributed by atoms with Crippen LogP contribution in [0.4, 0.5) is 0 Å². The van der Waals surface area contributed by atoms with E-state index in [1.165, 1.54) is 65.3 Å². The van der Waals surface area contributed by atoms with Gasteiger partial charge in [0.25, 0.3) is 0 Å². The Labute approximate surface area is 218 Å². The van der Waals surface area contributed by atoms with E-state index >= 15 is 0 Å². The van der Waals surface area contributed by atoms with Crippen molar-refractivity contribution in [2.75, 3.05) is 0 Å². The van der Waals surface area contributed by atoms with Crippen molar-refractivity contribution in [2.45, 2.75) is 52.7 Å². The summed E-state index contributed by atoms with van der Waals surface area (Å²) < 4.78 is 13.0. The van der Waals surface area contributed by atoms with E-state index in [4.69, 9.17) is 9.31 Å². The lowest BCUT2D eigenvalue weighted by molar-refractivity contribution is 0.00578. The molecule has 1 saturated heterocycles. The van der Waals surface area contributed by atoms with Gasteiger partial charge in [-0.1, -0.05) is 78.9 Å². The summed E-state index contributed by atoms with van der Waals surface area (Å²) in [6.07, 6.45) is 0. The maximum atomic E-state index is 6.48. The fourth-order valence-electron chi connectivity index (χ4n) is 6.37. The van der Waals surface area contributed by atoms with Crippen LogP contribution in [0.1, 0.15) is 38.8 Å². The van der Waals surface area contributed by atoms with Crippen molar-refractivity contribution in [1.82, 2.24) is 0 Å². The smallest absolute Gasteiger partial charge is 0.399 e. The lowest BCUT2D eigenvalue weighted by Gasteiger charge is -2.32. The molecule has 0 unspecified atom stereocenters. The molecule has 1 fully saturated rings. The van der Waals surface area contributed by atoms with E-state index < -0.39 is 7.12 Å². The molecule has 0 bridgehead atoms. The quantitative estimate of drug-likeness (QED) is 0.140. The van der Waals surface area contributed by atoms with Gasteiger partial charge in [-0.3, -0.25) is 0 Å². The first kappa shape index (κ1) is 22.8. The van der Waals surface area contributed by atoms with Gasteiger partial charge in [0.1, 0.15) is 0 Å². The normalized spacial score (nSPS) is 17.1. The summed E-state index contributed by atoms with van der Waals surface area (Å²) in [5.41, 5.74) is 5.62. The first-order chi connectivity index (χ1) is 17.7. The van der Waals surface area contributed by atoms with Crippen molar-refractivity contribution in [3.05, 3.63) is 90.0 Å². The molecule has 6 aromatic carbocycles. The summed E-state index contributed by atoms with van der Waals surface area (Å²) >= 11 is 0. The third-order valence-electron chi connectivity index (χ3n) is 8.95. The molecule has 0 amide bonds. The van der Waals surface area contributed by atoms with Crippen LogP contribution in [0.2, 0.25) is 0 Å². The first-order valence-electron chi connectivity index (χ1n) is 13.2. The van der Waals surface area contributed by atoms with Crippen LogP contribution >= 0.6 is 0 Å². The zero-order valence-electron chi connectivity index (χ0n) is 22.4. The van der Waals surface area contributed by atoms with Gasteiger partial charge >= 0.3 is 7.12 Å². The summed E-state index contributed by atoms with van der Waals surface area (Å²) in [6.45, 7) is 12.9. The van der Waals surface area contributed by atoms with Gasteiger partial charge in [-0.2, -0.15) is 0 Å². The van der Waals surface area contributed by atoms with Gasteiger partial charge in [-0.05, 0) is 112 Å². The van der Waals surface area contributed by atoms with Crippen LogP contribution in [0, 0.1) is 13.8 Å². The highest BCUT2D eigenvalue weighted by molar-refractivity contribution is 6.66. The minimum Gasteiger partial charge on any atom is -0.399 e. The Hall–Kier alpha value is -3.40. The third kappa shape index (κ3) is 3.08. The Morgan fingerprint density at radius 3 is 1.59 bits per heavy atom. The standard InChI is InChI=1S/C34H31BO2/c1-20-10-7-11-21(2)30(20)25-16-17-26-27-18-19-29(35-36-33(3,4)34(5,6)37-35)28-15-9-14-23(32(27)28)22-12-8-13-24(25)31(22)26/h7-19H,1-6H3. The molecule has 3 heteroatoms. The minimum atomic E-state index is -0.391. The highest BCUT2D eigenvalue weighted by atomic mass is 16.7. The van der Waals surface area contributed by atoms with Gasteiger partial charge < -0.3 is 9.31 Å². The second kappa shape index (κ2) is 7.57. The van der Waals surface area contributed by atoms with Crippen LogP contribution in [0.3, 0.4) is 0 Å². The van der Waals surface area contributed by atoms with E-state index in [0.717, 1.165) is 5.46 Å². The van der Waals surface area contributed by atoms with Crippen molar-refractivity contribution in [1.29, 1.82) is 0 Å². The van der Waals surface area contributed by atoms with Gasteiger partial charge in [-0.15, -0.1) is 0 Å². The van der Waals surface area contributed by atoms with Crippen LogP contribution in [0.25, 0.3) is 54.2 Å². The molecule has 0 radical (unpaired) electrons. The Balaban J connectivity index is 1.55. The fourth-order valence-corrected chi connectivity index (χ4v) is 6.37. The van der Waals surface area contributed by atoms with Crippen molar-refractivity contribution < 1.29 is 9.31 Å². The van der Waals surface area contributed by atoms with E-state index in [-0.39, 0.29) is 11.2 Å². The molecule has 7 rings (SSSR count). The Morgan fingerprint density at radius 2 is 0.973 bits per heavy atom. The van der Waals surface area contributed by atoms with Crippen LogP contribution < -0.4 is 5.46 Å². The second-order valence-electron chi connectivity index (χ2n) is 11.7. The maximum absolute atomic E-state index is 6.48. The summed E-state index contributed by atoms with van der Waals surface area (Å²) in [6, 6.07) is 29.1. The molecule has 37 heavy (non-hydrogen) atoms. The van der Waals surface area contributed by atoms with E-state index in [2.05, 4.69) is 120 Å².